The number of carbonyl (C=O) groups excluding carboxylic acids is 1. The zero-order chi connectivity index (χ0) is 14.6. The van der Waals surface area contributed by atoms with Crippen LogP contribution in [0.5, 0.6) is 5.75 Å². The minimum absolute atomic E-state index is 0.0508. The number of nitrogens with zero attached hydrogens (tertiary/aromatic N) is 1. The Morgan fingerprint density at radius 2 is 2.11 bits per heavy atom. The van der Waals surface area contributed by atoms with Crippen molar-refractivity contribution in [2.75, 3.05) is 6.61 Å². The molecule has 106 valence electrons. The quantitative estimate of drug-likeness (QED) is 0.448. The Labute approximate surface area is 119 Å². The van der Waals surface area contributed by atoms with E-state index in [0.717, 1.165) is 6.20 Å². The zero-order valence-corrected chi connectivity index (χ0v) is 11.7. The molecule has 9 heteroatoms. The van der Waals surface area contributed by atoms with Gasteiger partial charge in [-0.2, -0.15) is 0 Å². The molecule has 0 aromatic carbocycles. The van der Waals surface area contributed by atoms with Gasteiger partial charge in [-0.05, 0) is 29.5 Å². The molecule has 0 radical (unpaired) electrons. The number of ether oxygens (including phenoxy) is 2. The monoisotopic (exact) mass is 393 g/mol. The maximum atomic E-state index is 12.6. The minimum Gasteiger partial charge on any atom is -0.462 e. The smallest absolute Gasteiger partial charge is 0.462 e. The second-order valence-electron chi connectivity index (χ2n) is 3.16. The summed E-state index contributed by atoms with van der Waals surface area (Å²) in [4.78, 5) is 14.9. The summed E-state index contributed by atoms with van der Waals surface area (Å²) >= 11 is 1.45. The normalized spacial score (nSPS) is 11.3. The van der Waals surface area contributed by atoms with Crippen molar-refractivity contribution in [3.63, 3.8) is 0 Å². The summed E-state index contributed by atoms with van der Waals surface area (Å²) in [5.74, 6) is -1.67. The summed E-state index contributed by atoms with van der Waals surface area (Å²) in [5, 5.41) is 0. The predicted octanol–water partition coefficient (Wildman–Crippen LogP) is 3.23. The third-order valence-corrected chi connectivity index (χ3v) is 2.96. The van der Waals surface area contributed by atoms with Gasteiger partial charge < -0.3 is 9.47 Å². The van der Waals surface area contributed by atoms with Crippen LogP contribution in [-0.4, -0.2) is 23.9 Å². The SMILES string of the molecule is CCOC(=O)c1cnc(CF)c(OC(F)(F)F)c1I. The van der Waals surface area contributed by atoms with Crippen molar-refractivity contribution in [1.82, 2.24) is 4.98 Å². The number of carbonyl (C=O) groups is 1. The van der Waals surface area contributed by atoms with Crippen LogP contribution < -0.4 is 4.74 Å². The average Bonchev–Trinajstić information content (AvgIpc) is 2.30. The second-order valence-corrected chi connectivity index (χ2v) is 4.24. The van der Waals surface area contributed by atoms with E-state index >= 15 is 0 Å². The molecule has 0 saturated heterocycles. The molecule has 0 aliphatic heterocycles. The van der Waals surface area contributed by atoms with E-state index in [1.165, 1.54) is 22.6 Å². The van der Waals surface area contributed by atoms with E-state index in [0.29, 0.717) is 0 Å². The Bertz CT molecular complexity index is 479. The average molecular weight is 393 g/mol. The second kappa shape index (κ2) is 6.35. The lowest BCUT2D eigenvalue weighted by Gasteiger charge is -2.14. The molecule has 1 aromatic heterocycles. The maximum Gasteiger partial charge on any atom is 0.573 e. The summed E-state index contributed by atoms with van der Waals surface area (Å²) in [6.45, 7) is 0.348. The first-order valence-electron chi connectivity index (χ1n) is 4.96. The molecule has 0 unspecified atom stereocenters. The van der Waals surface area contributed by atoms with E-state index in [-0.39, 0.29) is 15.7 Å². The summed E-state index contributed by atoms with van der Waals surface area (Å²) in [6.07, 6.45) is -4.04. The Morgan fingerprint density at radius 1 is 1.47 bits per heavy atom. The number of hydrogen-bond donors (Lipinski definition) is 0. The molecule has 4 nitrogen and oxygen atoms in total. The van der Waals surface area contributed by atoms with Gasteiger partial charge in [-0.3, -0.25) is 4.98 Å². The van der Waals surface area contributed by atoms with Gasteiger partial charge in [-0.1, -0.05) is 0 Å². The van der Waals surface area contributed by atoms with Gasteiger partial charge in [0, 0.05) is 6.20 Å². The first-order valence-corrected chi connectivity index (χ1v) is 6.04. The Balaban J connectivity index is 3.25. The van der Waals surface area contributed by atoms with E-state index < -0.39 is 30.4 Å². The molecule has 0 fully saturated rings. The fraction of sp³-hybridized carbons (Fsp3) is 0.400. The summed E-state index contributed by atoms with van der Waals surface area (Å²) < 4.78 is 57.4. The molecule has 0 saturated carbocycles. The van der Waals surface area contributed by atoms with Crippen molar-refractivity contribution >= 4 is 28.6 Å². The molecule has 0 atom stereocenters. The zero-order valence-electron chi connectivity index (χ0n) is 9.55. The van der Waals surface area contributed by atoms with Gasteiger partial charge in [0.2, 0.25) is 0 Å². The molecular formula is C10H8F4INO3. The number of esters is 1. The molecule has 1 aromatic rings. The third-order valence-electron chi connectivity index (χ3n) is 1.89. The maximum absolute atomic E-state index is 12.6. The van der Waals surface area contributed by atoms with Gasteiger partial charge in [-0.15, -0.1) is 13.2 Å². The molecule has 19 heavy (non-hydrogen) atoms. The van der Waals surface area contributed by atoms with Crippen LogP contribution in [0.4, 0.5) is 17.6 Å². The van der Waals surface area contributed by atoms with Crippen LogP contribution in [0.15, 0.2) is 6.20 Å². The largest absolute Gasteiger partial charge is 0.573 e. The molecule has 0 amide bonds. The van der Waals surface area contributed by atoms with Gasteiger partial charge in [0.05, 0.1) is 15.7 Å². The molecule has 0 spiro atoms. The minimum atomic E-state index is -5.00. The first kappa shape index (κ1) is 15.9. The standard InChI is InChI=1S/C10H8F4INO3/c1-2-18-9(17)5-4-16-6(3-11)8(7(5)15)19-10(12,13)14/h4H,2-3H2,1H3. The van der Waals surface area contributed by atoms with Gasteiger partial charge in [0.25, 0.3) is 0 Å². The Morgan fingerprint density at radius 3 is 2.58 bits per heavy atom. The van der Waals surface area contributed by atoms with E-state index in [9.17, 15) is 22.4 Å². The Kier molecular flexibility index (Phi) is 5.32. The van der Waals surface area contributed by atoms with Crippen molar-refractivity contribution in [2.45, 2.75) is 20.0 Å². The fourth-order valence-corrected chi connectivity index (χ4v) is 1.95. The highest BCUT2D eigenvalue weighted by Gasteiger charge is 2.34. The lowest BCUT2D eigenvalue weighted by Crippen LogP contribution is -2.20. The fourth-order valence-electron chi connectivity index (χ4n) is 1.17. The van der Waals surface area contributed by atoms with Crippen molar-refractivity contribution < 1.29 is 31.8 Å². The highest BCUT2D eigenvalue weighted by molar-refractivity contribution is 14.1. The lowest BCUT2D eigenvalue weighted by molar-refractivity contribution is -0.275. The highest BCUT2D eigenvalue weighted by atomic mass is 127. The van der Waals surface area contributed by atoms with Crippen LogP contribution in [0.25, 0.3) is 0 Å². The van der Waals surface area contributed by atoms with Crippen LogP contribution >= 0.6 is 22.6 Å². The highest BCUT2D eigenvalue weighted by Crippen LogP contribution is 2.33. The van der Waals surface area contributed by atoms with Gasteiger partial charge in [-0.25, -0.2) is 9.18 Å². The third kappa shape index (κ3) is 4.18. The van der Waals surface area contributed by atoms with E-state index in [4.69, 9.17) is 0 Å². The molecule has 0 bridgehead atoms. The number of hydrogen-bond acceptors (Lipinski definition) is 4. The van der Waals surface area contributed by atoms with Crippen molar-refractivity contribution in [2.24, 2.45) is 0 Å². The van der Waals surface area contributed by atoms with Crippen molar-refractivity contribution in [3.05, 3.63) is 21.0 Å². The predicted molar refractivity (Wildman–Crippen MR) is 64.4 cm³/mol. The van der Waals surface area contributed by atoms with Crippen LogP contribution in [0.1, 0.15) is 23.0 Å². The number of alkyl halides is 4. The van der Waals surface area contributed by atoms with Gasteiger partial charge in [0.15, 0.2) is 5.75 Å². The summed E-state index contributed by atoms with van der Waals surface area (Å²) in [6, 6.07) is 0. The van der Waals surface area contributed by atoms with E-state index in [2.05, 4.69) is 14.5 Å². The van der Waals surface area contributed by atoms with Crippen molar-refractivity contribution in [1.29, 1.82) is 0 Å². The van der Waals surface area contributed by atoms with Crippen LogP contribution in [-0.2, 0) is 11.4 Å². The number of rotatable bonds is 4. The first-order chi connectivity index (χ1) is 8.80. The van der Waals surface area contributed by atoms with Gasteiger partial charge >= 0.3 is 12.3 Å². The summed E-state index contributed by atoms with van der Waals surface area (Å²) in [5.41, 5.74) is -0.742. The van der Waals surface area contributed by atoms with Crippen LogP contribution in [0, 0.1) is 3.57 Å². The molecule has 0 aliphatic rings. The Hall–Kier alpha value is -1.13. The number of halogens is 5. The van der Waals surface area contributed by atoms with Crippen LogP contribution in [0.3, 0.4) is 0 Å². The van der Waals surface area contributed by atoms with Gasteiger partial charge in [0.1, 0.15) is 12.4 Å². The van der Waals surface area contributed by atoms with Crippen LogP contribution in [0.2, 0.25) is 0 Å². The molecule has 0 aliphatic carbocycles. The number of aromatic nitrogens is 1. The van der Waals surface area contributed by atoms with Crippen molar-refractivity contribution in [3.8, 4) is 5.75 Å². The lowest BCUT2D eigenvalue weighted by atomic mass is 10.2. The summed E-state index contributed by atoms with van der Waals surface area (Å²) in [7, 11) is 0. The molecular weight excluding hydrogens is 385 g/mol. The molecule has 1 heterocycles. The molecule has 1 rings (SSSR count). The number of pyridine rings is 1. The topological polar surface area (TPSA) is 48.4 Å². The van der Waals surface area contributed by atoms with E-state index in [1.54, 1.807) is 6.92 Å². The molecule has 0 N–H and O–H groups in total. The van der Waals surface area contributed by atoms with E-state index in [1.807, 2.05) is 0 Å².